The first kappa shape index (κ1) is 54.2. The Kier molecular flexibility index (Phi) is 31.6. The Morgan fingerprint density at radius 3 is 2.00 bits per heavy atom. The Morgan fingerprint density at radius 2 is 1.34 bits per heavy atom. The van der Waals surface area contributed by atoms with Gasteiger partial charge >= 0.3 is 13.8 Å². The number of ether oxygens (including phenoxy) is 2. The van der Waals surface area contributed by atoms with Gasteiger partial charge in [0.25, 0.3) is 0 Å². The van der Waals surface area contributed by atoms with Crippen molar-refractivity contribution in [3.8, 4) is 0 Å². The number of likely N-dealkylation sites (N-methyl/N-ethyl adjacent to an activating group) is 1. The Balaban J connectivity index is 2.48. The van der Waals surface area contributed by atoms with Crippen LogP contribution in [0, 0.1) is 11.8 Å². The predicted octanol–water partition coefficient (Wildman–Crippen LogP) is 9.89. The van der Waals surface area contributed by atoms with Gasteiger partial charge in [0.2, 0.25) is 0 Å². The number of carbonyl (C=O) groups excluding carboxylic acids is 1. The number of unbranched alkanes of at least 4 members (excludes halogenated alkanes) is 14. The number of hydrogen-bond acceptors (Lipinski definition) is 9. The molecule has 1 unspecified atom stereocenters. The molecule has 58 heavy (non-hydrogen) atoms. The van der Waals surface area contributed by atoms with Crippen molar-refractivity contribution in [1.29, 1.82) is 0 Å². The molecule has 0 bridgehead atoms. The number of allylic oxidation sites excluding steroid dienone is 5. The molecule has 1 aliphatic rings. The van der Waals surface area contributed by atoms with Crippen molar-refractivity contribution in [2.45, 2.75) is 180 Å². The molecule has 12 heteroatoms. The fraction of sp³-hybridized carbons (Fsp3) is 0.804. The third kappa shape index (κ3) is 30.2. The Bertz CT molecular complexity index is 1190. The van der Waals surface area contributed by atoms with E-state index in [2.05, 4.69) is 26.0 Å². The molecule has 1 fully saturated rings. The zero-order chi connectivity index (χ0) is 42.9. The molecular weight excluding hydrogens is 757 g/mol. The van der Waals surface area contributed by atoms with E-state index in [1.807, 2.05) is 45.4 Å². The van der Waals surface area contributed by atoms with Gasteiger partial charge in [-0.05, 0) is 76.2 Å². The van der Waals surface area contributed by atoms with Crippen molar-refractivity contribution in [3.05, 3.63) is 48.8 Å². The van der Waals surface area contributed by atoms with Crippen LogP contribution in [0.25, 0.3) is 0 Å². The standard InChI is InChI=1S/C46H84NO10P/c1-6-8-10-11-12-13-14-15-16-17-18-19-20-21-24-28-35-54-38-41(39-56-58(52,53)55-36-34-47(3,4)5)57-46(51)31-27-23-22-26-30-42-43(45(50)37-44(42)49)33-32-40(48)29-25-9-7-2/h13-14,22,26,28,32-33,35,40-45,48-50H,6-12,15-21,23-25,27,29-31,34,36-39H2,1-5H3/p+1/b14-13-,26-22+,33-32+,35-28+/t40-,41+,42+,43+,44-,45+/m0/s1. The molecule has 11 nitrogen and oxygen atoms in total. The lowest BCUT2D eigenvalue weighted by atomic mass is 9.89. The zero-order valence-corrected chi connectivity index (χ0v) is 38.0. The average molecular weight is 843 g/mol. The molecule has 1 aliphatic carbocycles. The molecule has 0 saturated heterocycles. The molecule has 0 spiro atoms. The normalized spacial score (nSPS) is 21.1. The van der Waals surface area contributed by atoms with Crippen molar-refractivity contribution >= 4 is 13.8 Å². The van der Waals surface area contributed by atoms with Crippen LogP contribution in [0.1, 0.15) is 155 Å². The van der Waals surface area contributed by atoms with Crippen LogP contribution in [0.3, 0.4) is 0 Å². The number of carbonyl (C=O) groups is 1. The molecule has 1 rings (SSSR count). The Morgan fingerprint density at radius 1 is 0.759 bits per heavy atom. The van der Waals surface area contributed by atoms with E-state index in [0.717, 1.165) is 38.5 Å². The summed E-state index contributed by atoms with van der Waals surface area (Å²) in [6, 6.07) is 0. The summed E-state index contributed by atoms with van der Waals surface area (Å²) in [5, 5.41) is 31.4. The van der Waals surface area contributed by atoms with Crippen molar-refractivity contribution in [2.75, 3.05) is 47.5 Å². The highest BCUT2D eigenvalue weighted by Gasteiger charge is 2.39. The number of esters is 1. The highest BCUT2D eigenvalue weighted by atomic mass is 31.2. The summed E-state index contributed by atoms with van der Waals surface area (Å²) in [5.41, 5.74) is 0. The van der Waals surface area contributed by atoms with Gasteiger partial charge in [-0.2, -0.15) is 0 Å². The molecule has 4 N–H and O–H groups in total. The first-order chi connectivity index (χ1) is 27.8. The van der Waals surface area contributed by atoms with Crippen molar-refractivity contribution in [3.63, 3.8) is 0 Å². The lowest BCUT2D eigenvalue weighted by Gasteiger charge is -2.24. The second-order valence-electron chi connectivity index (χ2n) is 17.1. The maximum Gasteiger partial charge on any atom is 0.472 e. The summed E-state index contributed by atoms with van der Waals surface area (Å²) < 4.78 is 34.7. The highest BCUT2D eigenvalue weighted by Crippen LogP contribution is 2.43. The SMILES string of the molecule is CCCCCC/C=C\CCCCCCCC/C=C/OC[C@H](COP(=O)(O)OCC[N+](C)(C)C)OC(=O)CCC/C=C/C[C@@H]1[C@@H](/C=C/[C@@H](O)CCCCC)[C@H](O)C[C@@H]1O. The molecular formula is C46H85NO10P+. The minimum atomic E-state index is -4.36. The van der Waals surface area contributed by atoms with E-state index >= 15 is 0 Å². The maximum absolute atomic E-state index is 12.8. The lowest BCUT2D eigenvalue weighted by Crippen LogP contribution is -2.37. The first-order valence-corrected chi connectivity index (χ1v) is 24.2. The molecule has 7 atom stereocenters. The number of phosphoric acid groups is 1. The smallest absolute Gasteiger partial charge is 0.472 e. The molecule has 0 aromatic carbocycles. The Labute approximate surface area is 353 Å². The molecule has 1 saturated carbocycles. The van der Waals surface area contributed by atoms with E-state index in [9.17, 15) is 29.6 Å². The summed E-state index contributed by atoms with van der Waals surface area (Å²) in [7, 11) is 1.48. The van der Waals surface area contributed by atoms with Gasteiger partial charge in [0.05, 0.1) is 52.3 Å². The Hall–Kier alpha value is -1.82. The number of hydrogen-bond donors (Lipinski definition) is 4. The summed E-state index contributed by atoms with van der Waals surface area (Å²) >= 11 is 0. The van der Waals surface area contributed by atoms with Crippen LogP contribution < -0.4 is 0 Å². The third-order valence-corrected chi connectivity index (χ3v) is 11.5. The van der Waals surface area contributed by atoms with E-state index in [4.69, 9.17) is 18.5 Å². The van der Waals surface area contributed by atoms with Crippen LogP contribution in [-0.4, -0.2) is 103 Å². The van der Waals surface area contributed by atoms with E-state index < -0.39 is 38.2 Å². The van der Waals surface area contributed by atoms with Crippen LogP contribution in [0.2, 0.25) is 0 Å². The lowest BCUT2D eigenvalue weighted by molar-refractivity contribution is -0.870. The summed E-state index contributed by atoms with van der Waals surface area (Å²) in [6.07, 6.45) is 34.7. The molecule has 0 aliphatic heterocycles. The van der Waals surface area contributed by atoms with Gasteiger partial charge < -0.3 is 34.2 Å². The van der Waals surface area contributed by atoms with Gasteiger partial charge in [-0.3, -0.25) is 13.8 Å². The number of aliphatic hydroxyl groups is 3. The number of nitrogens with zero attached hydrogens (tertiary/aromatic N) is 1. The maximum atomic E-state index is 12.8. The minimum absolute atomic E-state index is 0.0326. The van der Waals surface area contributed by atoms with Gasteiger partial charge in [-0.15, -0.1) is 0 Å². The van der Waals surface area contributed by atoms with Crippen molar-refractivity contribution < 1.29 is 52.6 Å². The van der Waals surface area contributed by atoms with Crippen LogP contribution in [0.5, 0.6) is 0 Å². The van der Waals surface area contributed by atoms with Crippen LogP contribution in [0.15, 0.2) is 48.8 Å². The van der Waals surface area contributed by atoms with Gasteiger partial charge in [0, 0.05) is 18.8 Å². The topological polar surface area (TPSA) is 152 Å². The summed E-state index contributed by atoms with van der Waals surface area (Å²) in [4.78, 5) is 23.0. The van der Waals surface area contributed by atoms with E-state index in [0.29, 0.717) is 43.1 Å². The summed E-state index contributed by atoms with van der Waals surface area (Å²) in [6.45, 7) is 4.52. The minimum Gasteiger partial charge on any atom is -0.498 e. The molecule has 338 valence electrons. The summed E-state index contributed by atoms with van der Waals surface area (Å²) in [5.74, 6) is -0.851. The molecule has 0 aromatic rings. The van der Waals surface area contributed by atoms with Crippen LogP contribution in [0.4, 0.5) is 0 Å². The second kappa shape index (κ2) is 33.8. The van der Waals surface area contributed by atoms with Crippen LogP contribution in [-0.2, 0) is 27.9 Å². The first-order valence-electron chi connectivity index (χ1n) is 22.7. The fourth-order valence-corrected chi connectivity index (χ4v) is 7.60. The quantitative estimate of drug-likeness (QED) is 0.0119. The van der Waals surface area contributed by atoms with Gasteiger partial charge in [-0.25, -0.2) is 4.57 Å². The fourth-order valence-electron chi connectivity index (χ4n) is 6.86. The van der Waals surface area contributed by atoms with Gasteiger partial charge in [0.1, 0.15) is 19.8 Å². The van der Waals surface area contributed by atoms with E-state index in [1.165, 1.54) is 64.2 Å². The molecule has 0 aromatic heterocycles. The van der Waals surface area contributed by atoms with Gasteiger partial charge in [-0.1, -0.05) is 115 Å². The predicted molar refractivity (Wildman–Crippen MR) is 235 cm³/mol. The van der Waals surface area contributed by atoms with Crippen molar-refractivity contribution in [2.24, 2.45) is 11.8 Å². The molecule has 0 amide bonds. The van der Waals surface area contributed by atoms with E-state index in [-0.39, 0.29) is 38.1 Å². The van der Waals surface area contributed by atoms with Gasteiger partial charge in [0.15, 0.2) is 6.10 Å². The largest absolute Gasteiger partial charge is 0.498 e. The zero-order valence-electron chi connectivity index (χ0n) is 37.1. The molecule has 0 radical (unpaired) electrons. The monoisotopic (exact) mass is 843 g/mol. The third-order valence-electron chi connectivity index (χ3n) is 10.5. The second-order valence-corrected chi connectivity index (χ2v) is 18.6. The number of aliphatic hydroxyl groups excluding tert-OH is 3. The van der Waals surface area contributed by atoms with E-state index in [1.54, 1.807) is 12.3 Å². The number of rotatable bonds is 37. The van der Waals surface area contributed by atoms with Crippen LogP contribution >= 0.6 is 7.82 Å². The highest BCUT2D eigenvalue weighted by molar-refractivity contribution is 7.47. The average Bonchev–Trinajstić information content (AvgIpc) is 3.43. The number of quaternary nitrogens is 1. The molecule has 0 heterocycles. The number of phosphoric ester groups is 1. The van der Waals surface area contributed by atoms with Crippen molar-refractivity contribution in [1.82, 2.24) is 0 Å².